The highest BCUT2D eigenvalue weighted by Crippen LogP contribution is 2.55. The molecule has 2 aliphatic carbocycles. The van der Waals surface area contributed by atoms with Gasteiger partial charge in [-0.05, 0) is 48.6 Å². The van der Waals surface area contributed by atoms with Crippen molar-refractivity contribution in [3.8, 4) is 6.07 Å². The minimum Gasteiger partial charge on any atom is -0.383 e. The Morgan fingerprint density at radius 3 is 2.68 bits per heavy atom. The molecule has 0 saturated carbocycles. The fourth-order valence-electron chi connectivity index (χ4n) is 6.09. The second kappa shape index (κ2) is 7.68. The molecule has 6 rings (SSSR count). The molecule has 1 aromatic heterocycles. The number of ketones is 1. The molecule has 6 heteroatoms. The van der Waals surface area contributed by atoms with Gasteiger partial charge < -0.3 is 5.73 Å². The highest BCUT2D eigenvalue weighted by molar-refractivity contribution is 7.17. The van der Waals surface area contributed by atoms with Gasteiger partial charge in [0.2, 0.25) is 0 Å². The Balaban J connectivity index is 1.65. The Labute approximate surface area is 204 Å². The fraction of sp³-hybridized carbons (Fsp3) is 0.393. The van der Waals surface area contributed by atoms with Crippen LogP contribution < -0.4 is 10.6 Å². The summed E-state index contributed by atoms with van der Waals surface area (Å²) < 4.78 is 0. The standard InChI is InChI=1S/C28H28N4OS/c1-28(2)13-19-24(20(33)14-28)22(16-9-5-3-6-10-16)18(15-29)26-31-25(30)23-17-11-7-4-8-12-21(17)34-27(23)32(19)26/h3,5-6,9-10,22H,4,7-8,11-14H2,1-2H3,(H2,30,31)/t22-/m0/s1. The van der Waals surface area contributed by atoms with Gasteiger partial charge in [0.1, 0.15) is 10.8 Å². The second-order valence-corrected chi connectivity index (χ2v) is 11.7. The molecular weight excluding hydrogens is 440 g/mol. The number of Topliss-reactive ketones (excluding diaryl/α,β-unsaturated/α-hetero) is 1. The Bertz CT molecular complexity index is 1350. The van der Waals surface area contributed by atoms with Gasteiger partial charge in [-0.2, -0.15) is 5.26 Å². The van der Waals surface area contributed by atoms with Crippen molar-refractivity contribution in [2.45, 2.75) is 64.7 Å². The summed E-state index contributed by atoms with van der Waals surface area (Å²) in [4.78, 5) is 22.1. The van der Waals surface area contributed by atoms with Crippen LogP contribution in [0.2, 0.25) is 0 Å². The molecule has 0 amide bonds. The molecule has 0 spiro atoms. The number of allylic oxidation sites excluding steroid dienone is 3. The number of amidine groups is 1. The summed E-state index contributed by atoms with van der Waals surface area (Å²) in [5.74, 6) is 0.828. The summed E-state index contributed by atoms with van der Waals surface area (Å²) >= 11 is 1.78. The van der Waals surface area contributed by atoms with Crippen molar-refractivity contribution in [1.82, 2.24) is 0 Å². The zero-order valence-corrected chi connectivity index (χ0v) is 20.5. The van der Waals surface area contributed by atoms with E-state index in [1.165, 1.54) is 23.3 Å². The van der Waals surface area contributed by atoms with E-state index < -0.39 is 5.92 Å². The van der Waals surface area contributed by atoms with Gasteiger partial charge in [0.15, 0.2) is 11.6 Å². The summed E-state index contributed by atoms with van der Waals surface area (Å²) in [6, 6.07) is 12.3. The third kappa shape index (κ3) is 3.10. The largest absolute Gasteiger partial charge is 0.383 e. The lowest BCUT2D eigenvalue weighted by Crippen LogP contribution is -2.41. The molecule has 0 fully saturated rings. The third-order valence-corrected chi connectivity index (χ3v) is 8.82. The van der Waals surface area contributed by atoms with E-state index in [0.717, 1.165) is 53.1 Å². The van der Waals surface area contributed by atoms with Crippen LogP contribution in [0.15, 0.2) is 58.0 Å². The molecule has 172 valence electrons. The van der Waals surface area contributed by atoms with Gasteiger partial charge in [-0.25, -0.2) is 4.99 Å². The highest BCUT2D eigenvalue weighted by atomic mass is 32.1. The lowest BCUT2D eigenvalue weighted by Gasteiger charge is -2.44. The van der Waals surface area contributed by atoms with Gasteiger partial charge in [0.25, 0.3) is 0 Å². The van der Waals surface area contributed by atoms with E-state index in [4.69, 9.17) is 10.7 Å². The molecule has 4 aliphatic rings. The summed E-state index contributed by atoms with van der Waals surface area (Å²) in [5.41, 5.74) is 12.0. The van der Waals surface area contributed by atoms with Crippen LogP contribution in [0, 0.1) is 16.7 Å². The number of nitrogens with two attached hydrogens (primary N) is 1. The van der Waals surface area contributed by atoms with E-state index in [9.17, 15) is 10.1 Å². The molecule has 0 bridgehead atoms. The van der Waals surface area contributed by atoms with Crippen LogP contribution in [0.1, 0.15) is 73.4 Å². The number of nitrogens with zero attached hydrogens (tertiary/aromatic N) is 3. The molecule has 5 nitrogen and oxygen atoms in total. The summed E-state index contributed by atoms with van der Waals surface area (Å²) in [7, 11) is 0. The van der Waals surface area contributed by atoms with Gasteiger partial charge >= 0.3 is 0 Å². The fourth-order valence-corrected chi connectivity index (χ4v) is 7.52. The first-order valence-corrected chi connectivity index (χ1v) is 13.0. The van der Waals surface area contributed by atoms with Crippen LogP contribution in [0.3, 0.4) is 0 Å². The van der Waals surface area contributed by atoms with Gasteiger partial charge in [-0.15, -0.1) is 11.3 Å². The molecular formula is C28H28N4OS. The Morgan fingerprint density at radius 2 is 1.91 bits per heavy atom. The number of hydrogen-bond donors (Lipinski definition) is 1. The van der Waals surface area contributed by atoms with Crippen molar-refractivity contribution in [3.63, 3.8) is 0 Å². The minimum absolute atomic E-state index is 0.133. The zero-order chi connectivity index (χ0) is 23.6. The number of benzene rings is 1. The first-order valence-electron chi connectivity index (χ1n) is 12.1. The molecule has 2 N–H and O–H groups in total. The average Bonchev–Trinajstić information content (AvgIpc) is 3.01. The van der Waals surface area contributed by atoms with Crippen molar-refractivity contribution in [1.29, 1.82) is 5.26 Å². The molecule has 34 heavy (non-hydrogen) atoms. The third-order valence-electron chi connectivity index (χ3n) is 7.54. The van der Waals surface area contributed by atoms with E-state index >= 15 is 0 Å². The minimum atomic E-state index is -0.410. The number of aryl methyl sites for hydroxylation is 1. The van der Waals surface area contributed by atoms with E-state index in [1.807, 2.05) is 30.3 Å². The average molecular weight is 469 g/mol. The van der Waals surface area contributed by atoms with Gasteiger partial charge in [-0.1, -0.05) is 50.6 Å². The maximum Gasteiger partial charge on any atom is 0.162 e. The Morgan fingerprint density at radius 1 is 1.15 bits per heavy atom. The number of thiophene rings is 1. The summed E-state index contributed by atoms with van der Waals surface area (Å²) in [5, 5.41) is 11.4. The lowest BCUT2D eigenvalue weighted by atomic mass is 9.68. The van der Waals surface area contributed by atoms with Crippen molar-refractivity contribution in [2.75, 3.05) is 4.90 Å². The van der Waals surface area contributed by atoms with Crippen molar-refractivity contribution >= 4 is 28.0 Å². The molecule has 1 atom stereocenters. The van der Waals surface area contributed by atoms with Crippen molar-refractivity contribution < 1.29 is 4.79 Å². The summed E-state index contributed by atoms with van der Waals surface area (Å²) in [6.07, 6.45) is 6.89. The number of nitriles is 1. The van der Waals surface area contributed by atoms with Gasteiger partial charge in [0.05, 0.1) is 23.1 Å². The van der Waals surface area contributed by atoms with Crippen molar-refractivity contribution in [2.24, 2.45) is 16.1 Å². The van der Waals surface area contributed by atoms with Gasteiger partial charge in [0, 0.05) is 22.6 Å². The number of carbonyl (C=O) groups excluding carboxylic acids is 1. The number of aliphatic imine (C=N–C) groups is 1. The molecule has 2 aromatic rings. The topological polar surface area (TPSA) is 82.5 Å². The monoisotopic (exact) mass is 468 g/mol. The predicted molar refractivity (Wildman–Crippen MR) is 136 cm³/mol. The maximum absolute atomic E-state index is 13.7. The molecule has 0 unspecified atom stereocenters. The van der Waals surface area contributed by atoms with E-state index in [1.54, 1.807) is 11.3 Å². The molecule has 2 aliphatic heterocycles. The first kappa shape index (κ1) is 21.4. The highest BCUT2D eigenvalue weighted by Gasteiger charge is 2.47. The van der Waals surface area contributed by atoms with Crippen LogP contribution in [0.25, 0.3) is 0 Å². The van der Waals surface area contributed by atoms with Crippen LogP contribution in [0.4, 0.5) is 5.00 Å². The predicted octanol–water partition coefficient (Wildman–Crippen LogP) is 5.72. The smallest absolute Gasteiger partial charge is 0.162 e. The zero-order valence-electron chi connectivity index (χ0n) is 19.6. The number of carbonyl (C=O) groups is 1. The number of hydrogen-bond acceptors (Lipinski definition) is 6. The number of fused-ring (bicyclic) bond motifs is 6. The maximum atomic E-state index is 13.7. The molecule has 3 heterocycles. The Kier molecular flexibility index (Phi) is 4.82. The first-order chi connectivity index (χ1) is 16.4. The lowest BCUT2D eigenvalue weighted by molar-refractivity contribution is -0.118. The van der Waals surface area contributed by atoms with E-state index in [2.05, 4.69) is 24.8 Å². The Hall–Kier alpha value is -3.17. The normalized spacial score (nSPS) is 23.3. The molecule has 1 aromatic carbocycles. The van der Waals surface area contributed by atoms with Crippen molar-refractivity contribution in [3.05, 3.63) is 74.6 Å². The number of anilines is 1. The van der Waals surface area contributed by atoms with E-state index in [0.29, 0.717) is 23.7 Å². The van der Waals surface area contributed by atoms with Gasteiger partial charge in [-0.3, -0.25) is 9.69 Å². The van der Waals surface area contributed by atoms with Crippen LogP contribution in [0.5, 0.6) is 0 Å². The molecule has 0 radical (unpaired) electrons. The van der Waals surface area contributed by atoms with Crippen LogP contribution in [-0.4, -0.2) is 11.6 Å². The van der Waals surface area contributed by atoms with E-state index in [-0.39, 0.29) is 11.2 Å². The quantitative estimate of drug-likeness (QED) is 0.543. The summed E-state index contributed by atoms with van der Waals surface area (Å²) in [6.45, 7) is 4.31. The second-order valence-electron chi connectivity index (χ2n) is 10.6. The van der Waals surface area contributed by atoms with Crippen LogP contribution >= 0.6 is 11.3 Å². The SMILES string of the molecule is CC1(C)CC(=O)C2=C(C1)N1C(=C(C#N)[C@@H]2c2ccccc2)N=C(N)c2c1sc1c2CCCCC1. The van der Waals surface area contributed by atoms with Crippen LogP contribution in [-0.2, 0) is 17.6 Å². The number of rotatable bonds is 1. The molecule has 0 saturated heterocycles.